The summed E-state index contributed by atoms with van der Waals surface area (Å²) in [4.78, 5) is 0.313. The summed E-state index contributed by atoms with van der Waals surface area (Å²) in [5, 5.41) is 3.94. The van der Waals surface area contributed by atoms with Crippen molar-refractivity contribution in [3.05, 3.63) is 52.4 Å². The van der Waals surface area contributed by atoms with Crippen LogP contribution in [0.25, 0.3) is 0 Å². The number of rotatable bonds is 4. The zero-order valence-corrected chi connectivity index (χ0v) is 12.3. The van der Waals surface area contributed by atoms with E-state index in [2.05, 4.69) is 5.32 Å². The number of aryl methyl sites for hydroxylation is 1. The highest BCUT2D eigenvalue weighted by Gasteiger charge is 2.13. The molecule has 0 radical (unpaired) electrons. The molecule has 0 bridgehead atoms. The third-order valence-electron chi connectivity index (χ3n) is 2.81. The van der Waals surface area contributed by atoms with Crippen LogP contribution in [-0.4, -0.2) is 4.99 Å². The molecule has 3 N–H and O–H groups in total. The van der Waals surface area contributed by atoms with Crippen molar-refractivity contribution < 1.29 is 4.42 Å². The van der Waals surface area contributed by atoms with Gasteiger partial charge in [-0.05, 0) is 44.2 Å². The molecular formula is C14H15ClN2OS. The van der Waals surface area contributed by atoms with Crippen LogP contribution >= 0.6 is 23.8 Å². The molecular weight excluding hydrogens is 280 g/mol. The fourth-order valence-electron chi connectivity index (χ4n) is 1.84. The summed E-state index contributed by atoms with van der Waals surface area (Å²) in [5.74, 6) is 1.75. The van der Waals surface area contributed by atoms with Crippen molar-refractivity contribution >= 4 is 34.5 Å². The average Bonchev–Trinajstić information content (AvgIpc) is 2.78. The van der Waals surface area contributed by atoms with E-state index in [0.717, 1.165) is 22.8 Å². The Kier molecular flexibility index (Phi) is 4.12. The molecule has 1 aromatic heterocycles. The molecule has 100 valence electrons. The second-order valence-electron chi connectivity index (χ2n) is 4.37. The van der Waals surface area contributed by atoms with E-state index in [1.165, 1.54) is 0 Å². The van der Waals surface area contributed by atoms with E-state index < -0.39 is 0 Å². The van der Waals surface area contributed by atoms with E-state index in [0.29, 0.717) is 10.0 Å². The molecule has 0 aliphatic rings. The van der Waals surface area contributed by atoms with Crippen LogP contribution in [0, 0.1) is 6.92 Å². The van der Waals surface area contributed by atoms with Crippen molar-refractivity contribution in [2.24, 2.45) is 5.73 Å². The van der Waals surface area contributed by atoms with Crippen molar-refractivity contribution in [3.63, 3.8) is 0 Å². The van der Waals surface area contributed by atoms with Crippen LogP contribution in [0.3, 0.4) is 0 Å². The van der Waals surface area contributed by atoms with Gasteiger partial charge in [-0.15, -0.1) is 0 Å². The van der Waals surface area contributed by atoms with Crippen molar-refractivity contribution in [3.8, 4) is 0 Å². The number of thiocarbonyl (C=S) groups is 1. The molecule has 0 amide bonds. The minimum absolute atomic E-state index is 0.0166. The predicted octanol–water partition coefficient (Wildman–Crippen LogP) is 4.05. The molecule has 1 aromatic carbocycles. The molecule has 0 spiro atoms. The molecule has 1 heterocycles. The maximum atomic E-state index is 5.96. The first-order chi connectivity index (χ1) is 8.97. The smallest absolute Gasteiger partial charge is 0.126 e. The quantitative estimate of drug-likeness (QED) is 0.835. The molecule has 2 rings (SSSR count). The standard InChI is InChI=1S/C14H15ClN2OS/c1-8-3-6-13(18-8)9(2)17-12-5-4-10(15)7-11(12)14(16)19/h3-7,9,17H,1-2H3,(H2,16,19). The van der Waals surface area contributed by atoms with Gasteiger partial charge in [-0.25, -0.2) is 0 Å². The SMILES string of the molecule is Cc1ccc(C(C)Nc2ccc(Cl)cc2C(N)=S)o1. The Morgan fingerprint density at radius 2 is 2.11 bits per heavy atom. The first-order valence-electron chi connectivity index (χ1n) is 5.89. The van der Waals surface area contributed by atoms with E-state index in [9.17, 15) is 0 Å². The van der Waals surface area contributed by atoms with Gasteiger partial charge in [-0.3, -0.25) is 0 Å². The lowest BCUT2D eigenvalue weighted by Crippen LogP contribution is -2.15. The summed E-state index contributed by atoms with van der Waals surface area (Å²) in [6.45, 7) is 3.93. The van der Waals surface area contributed by atoms with Crippen LogP contribution in [0.2, 0.25) is 5.02 Å². The largest absolute Gasteiger partial charge is 0.464 e. The highest BCUT2D eigenvalue weighted by molar-refractivity contribution is 7.80. The molecule has 1 atom stereocenters. The van der Waals surface area contributed by atoms with Crippen LogP contribution in [-0.2, 0) is 0 Å². The maximum absolute atomic E-state index is 5.96. The van der Waals surface area contributed by atoms with Crippen LogP contribution in [0.5, 0.6) is 0 Å². The summed E-state index contributed by atoms with van der Waals surface area (Å²) in [6, 6.07) is 9.32. The fourth-order valence-corrected chi connectivity index (χ4v) is 2.18. The molecule has 2 aromatic rings. The number of halogens is 1. The van der Waals surface area contributed by atoms with Gasteiger partial charge in [0.1, 0.15) is 16.5 Å². The Bertz CT molecular complexity index is 609. The van der Waals surface area contributed by atoms with E-state index in [-0.39, 0.29) is 6.04 Å². The molecule has 19 heavy (non-hydrogen) atoms. The summed E-state index contributed by atoms with van der Waals surface area (Å²) in [5.41, 5.74) is 7.29. The van der Waals surface area contributed by atoms with E-state index >= 15 is 0 Å². The third kappa shape index (κ3) is 3.28. The first-order valence-corrected chi connectivity index (χ1v) is 6.68. The van der Waals surface area contributed by atoms with Gasteiger partial charge in [0.25, 0.3) is 0 Å². The van der Waals surface area contributed by atoms with Gasteiger partial charge in [-0.2, -0.15) is 0 Å². The highest BCUT2D eigenvalue weighted by atomic mass is 35.5. The fraction of sp³-hybridized carbons (Fsp3) is 0.214. The number of benzene rings is 1. The Morgan fingerprint density at radius 3 is 2.68 bits per heavy atom. The predicted molar refractivity (Wildman–Crippen MR) is 82.8 cm³/mol. The van der Waals surface area contributed by atoms with Gasteiger partial charge in [0.15, 0.2) is 0 Å². The highest BCUT2D eigenvalue weighted by Crippen LogP contribution is 2.26. The van der Waals surface area contributed by atoms with Crippen molar-refractivity contribution in [1.29, 1.82) is 0 Å². The van der Waals surface area contributed by atoms with Gasteiger partial charge in [-0.1, -0.05) is 23.8 Å². The lowest BCUT2D eigenvalue weighted by molar-refractivity contribution is 0.467. The maximum Gasteiger partial charge on any atom is 0.126 e. The zero-order chi connectivity index (χ0) is 14.0. The zero-order valence-electron chi connectivity index (χ0n) is 10.7. The number of anilines is 1. The topological polar surface area (TPSA) is 51.2 Å². The van der Waals surface area contributed by atoms with Crippen LogP contribution in [0.15, 0.2) is 34.7 Å². The second-order valence-corrected chi connectivity index (χ2v) is 5.24. The lowest BCUT2D eigenvalue weighted by Gasteiger charge is -2.16. The van der Waals surface area contributed by atoms with E-state index in [1.54, 1.807) is 12.1 Å². The summed E-state index contributed by atoms with van der Waals surface area (Å²) < 4.78 is 5.59. The molecule has 1 unspecified atom stereocenters. The molecule has 0 fully saturated rings. The lowest BCUT2D eigenvalue weighted by atomic mass is 10.1. The second kappa shape index (κ2) is 5.63. The Balaban J connectivity index is 2.26. The number of nitrogens with one attached hydrogen (secondary N) is 1. The summed E-state index contributed by atoms with van der Waals surface area (Å²) in [7, 11) is 0. The van der Waals surface area contributed by atoms with Crippen molar-refractivity contribution in [2.75, 3.05) is 5.32 Å². The van der Waals surface area contributed by atoms with Crippen molar-refractivity contribution in [2.45, 2.75) is 19.9 Å². The molecule has 0 aliphatic carbocycles. The van der Waals surface area contributed by atoms with Gasteiger partial charge >= 0.3 is 0 Å². The van der Waals surface area contributed by atoms with Crippen molar-refractivity contribution in [1.82, 2.24) is 0 Å². The first kappa shape index (κ1) is 13.9. The minimum Gasteiger partial charge on any atom is -0.464 e. The minimum atomic E-state index is 0.0166. The number of hydrogen-bond donors (Lipinski definition) is 2. The van der Waals surface area contributed by atoms with E-state index in [4.69, 9.17) is 34.0 Å². The molecule has 0 saturated heterocycles. The number of furan rings is 1. The normalized spacial score (nSPS) is 12.2. The number of hydrogen-bond acceptors (Lipinski definition) is 3. The van der Waals surface area contributed by atoms with Gasteiger partial charge in [0.2, 0.25) is 0 Å². The van der Waals surface area contributed by atoms with Gasteiger partial charge < -0.3 is 15.5 Å². The summed E-state index contributed by atoms with van der Waals surface area (Å²) >= 11 is 11.0. The number of nitrogens with two attached hydrogens (primary N) is 1. The van der Waals surface area contributed by atoms with E-state index in [1.807, 2.05) is 32.0 Å². The van der Waals surface area contributed by atoms with Crippen LogP contribution in [0.4, 0.5) is 5.69 Å². The summed E-state index contributed by atoms with van der Waals surface area (Å²) in [6.07, 6.45) is 0. The molecule has 3 nitrogen and oxygen atoms in total. The molecule has 5 heteroatoms. The van der Waals surface area contributed by atoms with Gasteiger partial charge in [0, 0.05) is 16.3 Å². The Hall–Kier alpha value is -1.52. The average molecular weight is 295 g/mol. The monoisotopic (exact) mass is 294 g/mol. The molecule has 0 aliphatic heterocycles. The van der Waals surface area contributed by atoms with Crippen LogP contribution in [0.1, 0.15) is 30.0 Å². The van der Waals surface area contributed by atoms with Gasteiger partial charge in [0.05, 0.1) is 6.04 Å². The van der Waals surface area contributed by atoms with Crippen LogP contribution < -0.4 is 11.1 Å². The third-order valence-corrected chi connectivity index (χ3v) is 3.26. The molecule has 0 saturated carbocycles. The Morgan fingerprint density at radius 1 is 1.37 bits per heavy atom. The Labute approximate surface area is 122 Å².